The number of rotatable bonds is 8. The maximum absolute atomic E-state index is 13.2. The minimum absolute atomic E-state index is 0.0917. The van der Waals surface area contributed by atoms with Gasteiger partial charge < -0.3 is 4.90 Å². The predicted molar refractivity (Wildman–Crippen MR) is 113 cm³/mol. The fourth-order valence-electron chi connectivity index (χ4n) is 4.05. The van der Waals surface area contributed by atoms with Crippen LogP contribution in [0, 0.1) is 0 Å². The summed E-state index contributed by atoms with van der Waals surface area (Å²) in [6.07, 6.45) is 8.60. The average molecular weight is 387 g/mol. The van der Waals surface area contributed by atoms with Gasteiger partial charge in [-0.1, -0.05) is 18.2 Å². The van der Waals surface area contributed by atoms with Crippen LogP contribution in [0.5, 0.6) is 0 Å². The molecule has 5 nitrogen and oxygen atoms in total. The van der Waals surface area contributed by atoms with Crippen LogP contribution >= 0.6 is 11.8 Å². The van der Waals surface area contributed by atoms with Gasteiger partial charge in [-0.25, -0.2) is 0 Å². The average Bonchev–Trinajstić information content (AvgIpc) is 3.06. The van der Waals surface area contributed by atoms with E-state index in [4.69, 9.17) is 5.10 Å². The second-order valence-electron chi connectivity index (χ2n) is 7.08. The van der Waals surface area contributed by atoms with Crippen molar-refractivity contribution >= 4 is 17.7 Å². The summed E-state index contributed by atoms with van der Waals surface area (Å²) in [5, 5.41) is 4.73. The van der Waals surface area contributed by atoms with Crippen LogP contribution in [-0.2, 0) is 19.4 Å². The number of carbonyl (C=O) groups is 1. The molecule has 3 rings (SSSR count). The second kappa shape index (κ2) is 9.42. The van der Waals surface area contributed by atoms with Crippen molar-refractivity contribution < 1.29 is 4.79 Å². The van der Waals surface area contributed by atoms with Crippen LogP contribution in [0.25, 0.3) is 0 Å². The molecule has 0 saturated carbocycles. The summed E-state index contributed by atoms with van der Waals surface area (Å²) in [4.78, 5) is 17.5. The molecule has 1 fully saturated rings. The Balaban J connectivity index is 1.89. The largest absolute Gasteiger partial charge is 0.336 e. The lowest BCUT2D eigenvalue weighted by atomic mass is 9.90. The van der Waals surface area contributed by atoms with Crippen molar-refractivity contribution in [3.63, 3.8) is 0 Å². The maximum atomic E-state index is 13.2. The molecule has 0 spiro atoms. The number of carbonyl (C=O) groups excluding carboxylic acids is 1. The van der Waals surface area contributed by atoms with E-state index in [-0.39, 0.29) is 5.91 Å². The zero-order valence-electron chi connectivity index (χ0n) is 16.1. The number of fused-ring (bicyclic) bond motifs is 1. The van der Waals surface area contributed by atoms with Crippen LogP contribution in [0.2, 0.25) is 0 Å². The van der Waals surface area contributed by atoms with Gasteiger partial charge in [0.15, 0.2) is 5.69 Å². The number of allylic oxidation sites excluding steroid dienone is 1. The Kier molecular flexibility index (Phi) is 6.96. The molecule has 0 radical (unpaired) electrons. The minimum atomic E-state index is 0.0917. The van der Waals surface area contributed by atoms with Crippen LogP contribution in [0.4, 0.5) is 0 Å². The smallest absolute Gasteiger partial charge is 0.274 e. The van der Waals surface area contributed by atoms with Crippen molar-refractivity contribution in [3.05, 3.63) is 54.9 Å². The van der Waals surface area contributed by atoms with Gasteiger partial charge in [0.25, 0.3) is 5.91 Å². The van der Waals surface area contributed by atoms with E-state index in [0.29, 0.717) is 18.3 Å². The zero-order valence-corrected chi connectivity index (χ0v) is 16.9. The first kappa shape index (κ1) is 20.0. The molecule has 1 aliphatic heterocycles. The fourth-order valence-corrected chi connectivity index (χ4v) is 4.95. The Labute approximate surface area is 166 Å². The summed E-state index contributed by atoms with van der Waals surface area (Å²) in [6, 6.07) is 0.387. The van der Waals surface area contributed by atoms with E-state index >= 15 is 0 Å². The van der Waals surface area contributed by atoms with Gasteiger partial charge in [0.1, 0.15) is 0 Å². The molecule has 0 aromatic carbocycles. The Morgan fingerprint density at radius 2 is 1.89 bits per heavy atom. The number of thioether (sulfide) groups is 1. The highest BCUT2D eigenvalue weighted by atomic mass is 32.2. The Bertz CT molecular complexity index is 695. The Morgan fingerprint density at radius 3 is 2.52 bits per heavy atom. The highest BCUT2D eigenvalue weighted by Crippen LogP contribution is 2.29. The first-order valence-corrected chi connectivity index (χ1v) is 10.9. The molecule has 1 aliphatic carbocycles. The number of hydrogen-bond donors (Lipinski definition) is 0. The molecule has 1 unspecified atom stereocenters. The van der Waals surface area contributed by atoms with Crippen molar-refractivity contribution in [2.75, 3.05) is 37.7 Å². The van der Waals surface area contributed by atoms with Gasteiger partial charge >= 0.3 is 0 Å². The maximum Gasteiger partial charge on any atom is 0.274 e. The van der Waals surface area contributed by atoms with Gasteiger partial charge in [-0.3, -0.25) is 14.4 Å². The lowest BCUT2D eigenvalue weighted by Gasteiger charge is -2.33. The molecule has 2 heterocycles. The van der Waals surface area contributed by atoms with Crippen molar-refractivity contribution in [3.8, 4) is 0 Å². The fraction of sp³-hybridized carbons (Fsp3) is 0.524. The molecule has 27 heavy (non-hydrogen) atoms. The lowest BCUT2D eigenvalue weighted by Crippen LogP contribution is -2.41. The van der Waals surface area contributed by atoms with Crippen LogP contribution in [0.1, 0.15) is 28.2 Å². The van der Waals surface area contributed by atoms with E-state index in [1.54, 1.807) is 0 Å². The highest BCUT2D eigenvalue weighted by molar-refractivity contribution is 7.99. The van der Waals surface area contributed by atoms with Gasteiger partial charge in [-0.2, -0.15) is 16.9 Å². The van der Waals surface area contributed by atoms with E-state index in [9.17, 15) is 4.79 Å². The van der Waals surface area contributed by atoms with E-state index in [1.165, 1.54) is 5.69 Å². The van der Waals surface area contributed by atoms with Gasteiger partial charge in [-0.15, -0.1) is 19.7 Å². The molecule has 6 heteroatoms. The van der Waals surface area contributed by atoms with Gasteiger partial charge in [0.2, 0.25) is 0 Å². The van der Waals surface area contributed by atoms with Crippen LogP contribution in [0.15, 0.2) is 38.0 Å². The number of amides is 1. The van der Waals surface area contributed by atoms with Crippen molar-refractivity contribution in [1.82, 2.24) is 19.6 Å². The number of hydrogen-bond acceptors (Lipinski definition) is 4. The minimum Gasteiger partial charge on any atom is -0.336 e. The Hall–Kier alpha value is -1.79. The summed E-state index contributed by atoms with van der Waals surface area (Å²) >= 11 is 1.91. The SMILES string of the molecule is C=CCN(CC=C)C1CCc2c(c(C(=O)N3CCSCC3)nn2CC=C)C1. The molecule has 1 amide bonds. The summed E-state index contributed by atoms with van der Waals surface area (Å²) in [5.41, 5.74) is 2.99. The number of nitrogens with zero attached hydrogens (tertiary/aromatic N) is 4. The summed E-state index contributed by atoms with van der Waals surface area (Å²) in [7, 11) is 0. The number of aromatic nitrogens is 2. The summed E-state index contributed by atoms with van der Waals surface area (Å²) in [6.45, 7) is 15.6. The lowest BCUT2D eigenvalue weighted by molar-refractivity contribution is 0.0763. The first-order chi connectivity index (χ1) is 13.2. The molecule has 2 aliphatic rings. The molecule has 1 aromatic rings. The molecule has 0 N–H and O–H groups in total. The van der Waals surface area contributed by atoms with Gasteiger partial charge in [0.05, 0.1) is 6.54 Å². The third-order valence-corrected chi connectivity index (χ3v) is 6.31. The molecule has 146 valence electrons. The van der Waals surface area contributed by atoms with E-state index in [1.807, 2.05) is 39.6 Å². The molecular weight excluding hydrogens is 356 g/mol. The van der Waals surface area contributed by atoms with Crippen LogP contribution < -0.4 is 0 Å². The highest BCUT2D eigenvalue weighted by Gasteiger charge is 2.33. The monoisotopic (exact) mass is 386 g/mol. The third-order valence-electron chi connectivity index (χ3n) is 5.37. The standard InChI is InChI=1S/C21H30N4OS/c1-4-9-23(10-5-2)17-7-8-19-18(16-17)20(22-25(19)11-6-3)21(26)24-12-14-27-15-13-24/h4-6,17H,1-3,7-16H2. The summed E-state index contributed by atoms with van der Waals surface area (Å²) in [5.74, 6) is 2.11. The van der Waals surface area contributed by atoms with Crippen molar-refractivity contribution in [2.24, 2.45) is 0 Å². The summed E-state index contributed by atoms with van der Waals surface area (Å²) < 4.78 is 1.98. The topological polar surface area (TPSA) is 41.4 Å². The van der Waals surface area contributed by atoms with E-state index in [2.05, 4.69) is 24.6 Å². The molecule has 1 aromatic heterocycles. The van der Waals surface area contributed by atoms with Crippen LogP contribution in [-0.4, -0.2) is 69.2 Å². The first-order valence-electron chi connectivity index (χ1n) is 9.71. The van der Waals surface area contributed by atoms with E-state index < -0.39 is 0 Å². The van der Waals surface area contributed by atoms with Crippen LogP contribution in [0.3, 0.4) is 0 Å². The molecule has 1 atom stereocenters. The van der Waals surface area contributed by atoms with E-state index in [0.717, 1.165) is 62.5 Å². The normalized spacial score (nSPS) is 19.6. The van der Waals surface area contributed by atoms with Gasteiger partial charge in [-0.05, 0) is 19.3 Å². The van der Waals surface area contributed by atoms with Crippen molar-refractivity contribution in [2.45, 2.75) is 31.8 Å². The van der Waals surface area contributed by atoms with Gasteiger partial charge in [0, 0.05) is 55.0 Å². The molecule has 1 saturated heterocycles. The second-order valence-corrected chi connectivity index (χ2v) is 8.30. The molecular formula is C21H30N4OS. The van der Waals surface area contributed by atoms with Crippen molar-refractivity contribution in [1.29, 1.82) is 0 Å². The third kappa shape index (κ3) is 4.38. The predicted octanol–water partition coefficient (Wildman–Crippen LogP) is 2.79. The quantitative estimate of drug-likeness (QED) is 0.644. The zero-order chi connectivity index (χ0) is 19.2. The molecule has 0 bridgehead atoms. The Morgan fingerprint density at radius 1 is 1.19 bits per heavy atom.